The maximum Gasteiger partial charge on any atom is 0.122 e. The highest BCUT2D eigenvalue weighted by Gasteiger charge is 2.23. The normalized spacial score (nSPS) is 12.7. The van der Waals surface area contributed by atoms with E-state index in [9.17, 15) is 0 Å². The summed E-state index contributed by atoms with van der Waals surface area (Å²) < 4.78 is 7.26. The van der Waals surface area contributed by atoms with Crippen molar-refractivity contribution < 1.29 is 4.74 Å². The molecule has 2 rings (SSSR count). The molecule has 21 heavy (non-hydrogen) atoms. The minimum atomic E-state index is -0.253. The lowest BCUT2D eigenvalue weighted by Crippen LogP contribution is -2.31. The fourth-order valence-corrected chi connectivity index (χ4v) is 2.62. The number of nitrogens with one attached hydrogen (secondary N) is 1. The summed E-state index contributed by atoms with van der Waals surface area (Å²) in [6.45, 7) is 6.10. The van der Waals surface area contributed by atoms with Gasteiger partial charge in [0.15, 0.2) is 0 Å². The van der Waals surface area contributed by atoms with Crippen LogP contribution in [0.2, 0.25) is 5.02 Å². The van der Waals surface area contributed by atoms with E-state index in [2.05, 4.69) is 24.4 Å². The van der Waals surface area contributed by atoms with E-state index in [1.54, 1.807) is 13.3 Å². The Labute approximate surface area is 130 Å². The van der Waals surface area contributed by atoms with Crippen LogP contribution < -0.4 is 16.0 Å². The molecule has 0 aliphatic rings. The Kier molecular flexibility index (Phi) is 4.88. The molecule has 0 fully saturated rings. The second kappa shape index (κ2) is 6.47. The third kappa shape index (κ3) is 3.05. The summed E-state index contributed by atoms with van der Waals surface area (Å²) >= 11 is 6.31. The fourth-order valence-electron chi connectivity index (χ4n) is 2.38. The van der Waals surface area contributed by atoms with Gasteiger partial charge in [0.1, 0.15) is 5.75 Å². The molecule has 1 heterocycles. The zero-order chi connectivity index (χ0) is 15.6. The molecule has 5 nitrogen and oxygen atoms in total. The standard InChI is InChI=1S/C15H21ClN4O/c1-9(2)20-15(12(16)8-18-20)14(19-17)11-6-5-10(3)13(7-11)21-4/h5-9,14,19H,17H2,1-4H3. The Bertz CT molecular complexity index is 624. The first-order chi connectivity index (χ1) is 9.99. The van der Waals surface area contributed by atoms with Crippen LogP contribution in [0.3, 0.4) is 0 Å². The van der Waals surface area contributed by atoms with Gasteiger partial charge in [0, 0.05) is 6.04 Å². The zero-order valence-corrected chi connectivity index (χ0v) is 13.5. The molecule has 1 unspecified atom stereocenters. The lowest BCUT2D eigenvalue weighted by Gasteiger charge is -2.21. The number of halogens is 1. The Balaban J connectivity index is 2.52. The van der Waals surface area contributed by atoms with Crippen molar-refractivity contribution in [2.24, 2.45) is 5.84 Å². The molecular weight excluding hydrogens is 288 g/mol. The number of aryl methyl sites for hydroxylation is 1. The molecule has 1 aromatic carbocycles. The van der Waals surface area contributed by atoms with Gasteiger partial charge in [-0.15, -0.1) is 0 Å². The van der Waals surface area contributed by atoms with E-state index in [-0.39, 0.29) is 12.1 Å². The molecule has 0 aliphatic carbocycles. The molecule has 0 saturated carbocycles. The van der Waals surface area contributed by atoms with E-state index in [1.165, 1.54) is 0 Å². The number of methoxy groups -OCH3 is 1. The molecule has 114 valence electrons. The Hall–Kier alpha value is -1.56. The summed E-state index contributed by atoms with van der Waals surface area (Å²) in [6.07, 6.45) is 1.65. The third-order valence-corrected chi connectivity index (χ3v) is 3.77. The average molecular weight is 309 g/mol. The molecule has 3 N–H and O–H groups in total. The highest BCUT2D eigenvalue weighted by molar-refractivity contribution is 6.31. The second-order valence-electron chi connectivity index (χ2n) is 5.24. The molecule has 0 radical (unpaired) electrons. The topological polar surface area (TPSA) is 65.1 Å². The lowest BCUT2D eigenvalue weighted by atomic mass is 10.0. The predicted octanol–water partition coefficient (Wildman–Crippen LogP) is 2.99. The predicted molar refractivity (Wildman–Crippen MR) is 84.5 cm³/mol. The highest BCUT2D eigenvalue weighted by Crippen LogP contribution is 2.32. The van der Waals surface area contributed by atoms with Crippen LogP contribution in [0.1, 0.15) is 42.8 Å². The number of hydrogen-bond donors (Lipinski definition) is 2. The Morgan fingerprint density at radius 2 is 2.10 bits per heavy atom. The van der Waals surface area contributed by atoms with Gasteiger partial charge in [-0.2, -0.15) is 5.10 Å². The number of ether oxygens (including phenoxy) is 1. The summed E-state index contributed by atoms with van der Waals surface area (Å²) in [7, 11) is 1.66. The number of nitrogens with zero attached hydrogens (tertiary/aromatic N) is 2. The van der Waals surface area contributed by atoms with E-state index in [0.717, 1.165) is 22.6 Å². The molecule has 1 aromatic heterocycles. The van der Waals surface area contributed by atoms with Crippen molar-refractivity contribution in [3.8, 4) is 5.75 Å². The van der Waals surface area contributed by atoms with Gasteiger partial charge in [0.2, 0.25) is 0 Å². The summed E-state index contributed by atoms with van der Waals surface area (Å²) in [5, 5.41) is 4.92. The molecule has 0 spiro atoms. The van der Waals surface area contributed by atoms with Gasteiger partial charge in [-0.1, -0.05) is 23.7 Å². The van der Waals surface area contributed by atoms with Crippen molar-refractivity contribution in [3.63, 3.8) is 0 Å². The summed E-state index contributed by atoms with van der Waals surface area (Å²) in [5.74, 6) is 6.59. The van der Waals surface area contributed by atoms with E-state index < -0.39 is 0 Å². The molecule has 0 saturated heterocycles. The minimum absolute atomic E-state index is 0.190. The summed E-state index contributed by atoms with van der Waals surface area (Å²) in [4.78, 5) is 0. The van der Waals surface area contributed by atoms with Crippen LogP contribution in [0.25, 0.3) is 0 Å². The fraction of sp³-hybridized carbons (Fsp3) is 0.400. The van der Waals surface area contributed by atoms with E-state index in [4.69, 9.17) is 22.2 Å². The van der Waals surface area contributed by atoms with Gasteiger partial charge < -0.3 is 4.74 Å². The smallest absolute Gasteiger partial charge is 0.122 e. The quantitative estimate of drug-likeness (QED) is 0.658. The van der Waals surface area contributed by atoms with Crippen LogP contribution in [-0.2, 0) is 0 Å². The van der Waals surface area contributed by atoms with Crippen LogP contribution in [-0.4, -0.2) is 16.9 Å². The number of rotatable bonds is 5. The monoisotopic (exact) mass is 308 g/mol. The SMILES string of the molecule is COc1cc(C(NN)c2c(Cl)cnn2C(C)C)ccc1C. The molecule has 0 aliphatic heterocycles. The largest absolute Gasteiger partial charge is 0.496 e. The van der Waals surface area contributed by atoms with Gasteiger partial charge in [-0.05, 0) is 38.0 Å². The van der Waals surface area contributed by atoms with E-state index in [1.807, 2.05) is 29.8 Å². The van der Waals surface area contributed by atoms with Gasteiger partial charge in [-0.3, -0.25) is 10.5 Å². The first-order valence-electron chi connectivity index (χ1n) is 6.83. The van der Waals surface area contributed by atoms with Crippen molar-refractivity contribution >= 4 is 11.6 Å². The van der Waals surface area contributed by atoms with Crippen molar-refractivity contribution in [2.75, 3.05) is 7.11 Å². The molecule has 0 amide bonds. The lowest BCUT2D eigenvalue weighted by molar-refractivity contribution is 0.410. The van der Waals surface area contributed by atoms with Crippen LogP contribution in [0.15, 0.2) is 24.4 Å². The van der Waals surface area contributed by atoms with Gasteiger partial charge in [0.05, 0.1) is 30.1 Å². The third-order valence-electron chi connectivity index (χ3n) is 3.48. The molecule has 1 atom stereocenters. The number of hydrazine groups is 1. The number of hydrogen-bond acceptors (Lipinski definition) is 4. The molecule has 2 aromatic rings. The first kappa shape index (κ1) is 15.8. The summed E-state index contributed by atoms with van der Waals surface area (Å²) in [6, 6.07) is 5.92. The minimum Gasteiger partial charge on any atom is -0.496 e. The molecular formula is C15H21ClN4O. The van der Waals surface area contributed by atoms with Gasteiger partial charge in [-0.25, -0.2) is 5.43 Å². The Morgan fingerprint density at radius 3 is 2.67 bits per heavy atom. The first-order valence-corrected chi connectivity index (χ1v) is 7.21. The second-order valence-corrected chi connectivity index (χ2v) is 5.65. The maximum atomic E-state index is 6.31. The Morgan fingerprint density at radius 1 is 1.38 bits per heavy atom. The van der Waals surface area contributed by atoms with Crippen molar-refractivity contribution in [2.45, 2.75) is 32.9 Å². The zero-order valence-electron chi connectivity index (χ0n) is 12.7. The molecule has 6 heteroatoms. The van der Waals surface area contributed by atoms with Crippen LogP contribution in [0.5, 0.6) is 5.75 Å². The van der Waals surface area contributed by atoms with Crippen molar-refractivity contribution in [1.82, 2.24) is 15.2 Å². The van der Waals surface area contributed by atoms with Gasteiger partial charge in [0.25, 0.3) is 0 Å². The van der Waals surface area contributed by atoms with E-state index in [0.29, 0.717) is 5.02 Å². The van der Waals surface area contributed by atoms with Crippen molar-refractivity contribution in [1.29, 1.82) is 0 Å². The average Bonchev–Trinajstić information content (AvgIpc) is 2.84. The van der Waals surface area contributed by atoms with Crippen LogP contribution in [0.4, 0.5) is 0 Å². The van der Waals surface area contributed by atoms with Crippen molar-refractivity contribution in [3.05, 3.63) is 46.2 Å². The van der Waals surface area contributed by atoms with Gasteiger partial charge >= 0.3 is 0 Å². The summed E-state index contributed by atoms with van der Waals surface area (Å²) in [5.41, 5.74) is 5.72. The van der Waals surface area contributed by atoms with E-state index >= 15 is 0 Å². The number of aromatic nitrogens is 2. The van der Waals surface area contributed by atoms with Crippen LogP contribution >= 0.6 is 11.6 Å². The number of nitrogens with two attached hydrogens (primary N) is 1. The highest BCUT2D eigenvalue weighted by atomic mass is 35.5. The number of benzene rings is 1. The maximum absolute atomic E-state index is 6.31. The molecule has 0 bridgehead atoms. The van der Waals surface area contributed by atoms with Crippen LogP contribution in [0, 0.1) is 6.92 Å².